The molecule has 154 valence electrons. The molecule has 0 radical (unpaired) electrons. The van der Waals surface area contributed by atoms with Gasteiger partial charge < -0.3 is 20.3 Å². The average Bonchev–Trinajstić information content (AvgIpc) is 2.66. The van der Waals surface area contributed by atoms with E-state index in [0.717, 1.165) is 19.3 Å². The topological polar surface area (TPSA) is 87.7 Å². The Labute approximate surface area is 166 Å². The Bertz CT molecular complexity index is 687. The molecule has 28 heavy (non-hydrogen) atoms. The van der Waals surface area contributed by atoms with Crippen molar-refractivity contribution in [2.45, 2.75) is 53.0 Å². The monoisotopic (exact) mass is 389 g/mol. The molecule has 0 aromatic heterocycles. The van der Waals surface area contributed by atoms with Crippen LogP contribution in [-0.2, 0) is 9.53 Å². The molecule has 1 aromatic rings. The standard InChI is InChI=1S/C21H31N3O4/c1-5-14-28-18(25)15-6-8-16(9-7-15)22-20(27)23-17-10-12-24(13-11-17)19(26)21(2,3)4/h6-9,17H,5,10-14H2,1-4H3,(H2,22,23,27). The number of hydrogen-bond acceptors (Lipinski definition) is 4. The Balaban J connectivity index is 1.79. The van der Waals surface area contributed by atoms with Crippen molar-refractivity contribution in [3.05, 3.63) is 29.8 Å². The largest absolute Gasteiger partial charge is 0.462 e. The molecule has 0 spiro atoms. The number of likely N-dealkylation sites (tertiary alicyclic amines) is 1. The molecule has 0 bridgehead atoms. The molecule has 0 aliphatic carbocycles. The number of esters is 1. The first-order chi connectivity index (χ1) is 13.2. The predicted molar refractivity (Wildman–Crippen MR) is 108 cm³/mol. The van der Waals surface area contributed by atoms with Gasteiger partial charge >= 0.3 is 12.0 Å². The van der Waals surface area contributed by atoms with E-state index < -0.39 is 0 Å². The maximum absolute atomic E-state index is 12.3. The van der Waals surface area contributed by atoms with Gasteiger partial charge in [0.05, 0.1) is 12.2 Å². The highest BCUT2D eigenvalue weighted by Gasteiger charge is 2.30. The van der Waals surface area contributed by atoms with Gasteiger partial charge in [-0.15, -0.1) is 0 Å². The quantitative estimate of drug-likeness (QED) is 0.756. The first kappa shape index (κ1) is 21.7. The fraction of sp³-hybridized carbons (Fsp3) is 0.571. The second-order valence-corrected chi connectivity index (χ2v) is 8.13. The molecule has 0 saturated carbocycles. The minimum absolute atomic E-state index is 0.0345. The average molecular weight is 389 g/mol. The Hall–Kier alpha value is -2.57. The SMILES string of the molecule is CCCOC(=O)c1ccc(NC(=O)NC2CCN(C(=O)C(C)(C)C)CC2)cc1. The van der Waals surface area contributed by atoms with Crippen LogP contribution in [0.25, 0.3) is 0 Å². The molecule has 1 saturated heterocycles. The second-order valence-electron chi connectivity index (χ2n) is 8.13. The molecule has 1 heterocycles. The molecule has 1 aliphatic rings. The predicted octanol–water partition coefficient (Wildman–Crippen LogP) is 3.41. The number of ether oxygens (including phenoxy) is 1. The van der Waals surface area contributed by atoms with Gasteiger partial charge in [0, 0.05) is 30.2 Å². The van der Waals surface area contributed by atoms with Crippen molar-refractivity contribution in [2.75, 3.05) is 25.0 Å². The summed E-state index contributed by atoms with van der Waals surface area (Å²) in [6, 6.07) is 6.35. The number of amides is 3. The number of hydrogen-bond donors (Lipinski definition) is 2. The van der Waals surface area contributed by atoms with Crippen molar-refractivity contribution in [1.29, 1.82) is 0 Å². The maximum Gasteiger partial charge on any atom is 0.338 e. The Morgan fingerprint density at radius 3 is 2.25 bits per heavy atom. The maximum atomic E-state index is 12.3. The lowest BCUT2D eigenvalue weighted by molar-refractivity contribution is -0.140. The van der Waals surface area contributed by atoms with E-state index in [1.807, 2.05) is 32.6 Å². The van der Waals surface area contributed by atoms with Crippen LogP contribution >= 0.6 is 0 Å². The van der Waals surface area contributed by atoms with Crippen molar-refractivity contribution in [3.8, 4) is 0 Å². The lowest BCUT2D eigenvalue weighted by Crippen LogP contribution is -2.49. The lowest BCUT2D eigenvalue weighted by Gasteiger charge is -2.35. The van der Waals surface area contributed by atoms with Crippen LogP contribution < -0.4 is 10.6 Å². The third kappa shape index (κ3) is 6.25. The van der Waals surface area contributed by atoms with Crippen molar-refractivity contribution in [3.63, 3.8) is 0 Å². The van der Waals surface area contributed by atoms with Gasteiger partial charge in [-0.3, -0.25) is 4.79 Å². The molecule has 0 atom stereocenters. The second kappa shape index (κ2) is 9.57. The van der Waals surface area contributed by atoms with Crippen molar-refractivity contribution in [1.82, 2.24) is 10.2 Å². The number of rotatable bonds is 5. The summed E-state index contributed by atoms with van der Waals surface area (Å²) in [7, 11) is 0. The van der Waals surface area contributed by atoms with Gasteiger partial charge in [-0.2, -0.15) is 0 Å². The van der Waals surface area contributed by atoms with Gasteiger partial charge in [0.1, 0.15) is 0 Å². The van der Waals surface area contributed by atoms with Gasteiger partial charge in [0.2, 0.25) is 5.91 Å². The molecule has 3 amide bonds. The number of nitrogens with one attached hydrogen (secondary N) is 2. The normalized spacial score (nSPS) is 15.1. The Morgan fingerprint density at radius 1 is 1.11 bits per heavy atom. The highest BCUT2D eigenvalue weighted by atomic mass is 16.5. The van der Waals surface area contributed by atoms with E-state index in [1.54, 1.807) is 24.3 Å². The van der Waals surface area contributed by atoms with Gasteiger partial charge in [-0.25, -0.2) is 9.59 Å². The number of urea groups is 1. The first-order valence-corrected chi connectivity index (χ1v) is 9.84. The van der Waals surface area contributed by atoms with Crippen molar-refractivity contribution >= 4 is 23.6 Å². The Morgan fingerprint density at radius 2 is 1.71 bits per heavy atom. The van der Waals surface area contributed by atoms with Crippen LogP contribution in [0, 0.1) is 5.41 Å². The van der Waals surface area contributed by atoms with Gasteiger partial charge in [0.25, 0.3) is 0 Å². The van der Waals surface area contributed by atoms with Crippen LogP contribution in [0.4, 0.5) is 10.5 Å². The summed E-state index contributed by atoms with van der Waals surface area (Å²) in [5, 5.41) is 5.73. The number of nitrogens with zero attached hydrogens (tertiary/aromatic N) is 1. The fourth-order valence-electron chi connectivity index (χ4n) is 3.02. The van der Waals surface area contributed by atoms with Crippen LogP contribution in [-0.4, -0.2) is 48.5 Å². The molecule has 1 fully saturated rings. The van der Waals surface area contributed by atoms with Crippen LogP contribution in [0.2, 0.25) is 0 Å². The third-order valence-electron chi connectivity index (χ3n) is 4.57. The molecular formula is C21H31N3O4. The van der Waals surface area contributed by atoms with E-state index in [1.165, 1.54) is 0 Å². The molecule has 2 N–H and O–H groups in total. The molecule has 1 aromatic carbocycles. The van der Waals surface area contributed by atoms with Crippen LogP contribution in [0.5, 0.6) is 0 Å². The van der Waals surface area contributed by atoms with Crippen LogP contribution in [0.15, 0.2) is 24.3 Å². The van der Waals surface area contributed by atoms with E-state index in [9.17, 15) is 14.4 Å². The lowest BCUT2D eigenvalue weighted by atomic mass is 9.93. The highest BCUT2D eigenvalue weighted by Crippen LogP contribution is 2.21. The molecule has 0 unspecified atom stereocenters. The van der Waals surface area contributed by atoms with E-state index in [4.69, 9.17) is 4.74 Å². The van der Waals surface area contributed by atoms with Gasteiger partial charge in [0.15, 0.2) is 0 Å². The smallest absolute Gasteiger partial charge is 0.338 e. The highest BCUT2D eigenvalue weighted by molar-refractivity contribution is 5.92. The van der Waals surface area contributed by atoms with Crippen LogP contribution in [0.3, 0.4) is 0 Å². The van der Waals surface area contributed by atoms with Gasteiger partial charge in [-0.1, -0.05) is 27.7 Å². The van der Waals surface area contributed by atoms with E-state index in [2.05, 4.69) is 10.6 Å². The number of benzene rings is 1. The van der Waals surface area contributed by atoms with Crippen LogP contribution in [0.1, 0.15) is 57.3 Å². The molecule has 2 rings (SSSR count). The molecule has 1 aliphatic heterocycles. The summed E-state index contributed by atoms with van der Waals surface area (Å²) in [5.41, 5.74) is 0.674. The zero-order chi connectivity index (χ0) is 20.7. The Kier molecular flexibility index (Phi) is 7.43. The summed E-state index contributed by atoms with van der Waals surface area (Å²) in [6.07, 6.45) is 2.24. The summed E-state index contributed by atoms with van der Waals surface area (Å²) >= 11 is 0. The summed E-state index contributed by atoms with van der Waals surface area (Å²) in [6.45, 7) is 9.38. The molecule has 7 nitrogen and oxygen atoms in total. The van der Waals surface area contributed by atoms with E-state index in [0.29, 0.717) is 30.9 Å². The number of carbonyl (C=O) groups excluding carboxylic acids is 3. The van der Waals surface area contributed by atoms with Gasteiger partial charge in [-0.05, 0) is 43.5 Å². The minimum atomic E-state index is -0.382. The third-order valence-corrected chi connectivity index (χ3v) is 4.57. The van der Waals surface area contributed by atoms with Crippen molar-refractivity contribution < 1.29 is 19.1 Å². The van der Waals surface area contributed by atoms with Crippen molar-refractivity contribution in [2.24, 2.45) is 5.41 Å². The number of piperidine rings is 1. The zero-order valence-corrected chi connectivity index (χ0v) is 17.2. The molecule has 7 heteroatoms. The first-order valence-electron chi connectivity index (χ1n) is 9.84. The minimum Gasteiger partial charge on any atom is -0.462 e. The fourth-order valence-corrected chi connectivity index (χ4v) is 3.02. The molecular weight excluding hydrogens is 358 g/mol. The number of anilines is 1. The summed E-state index contributed by atoms with van der Waals surface area (Å²) in [5.74, 6) is -0.220. The van der Waals surface area contributed by atoms with E-state index >= 15 is 0 Å². The summed E-state index contributed by atoms with van der Waals surface area (Å²) < 4.78 is 5.08. The zero-order valence-electron chi connectivity index (χ0n) is 17.2. The number of carbonyl (C=O) groups is 3. The summed E-state index contributed by atoms with van der Waals surface area (Å²) in [4.78, 5) is 38.2. The van der Waals surface area contributed by atoms with E-state index in [-0.39, 0.29) is 29.4 Å².